The lowest BCUT2D eigenvalue weighted by Gasteiger charge is -2.37. The first kappa shape index (κ1) is 15.6. The van der Waals surface area contributed by atoms with E-state index in [0.717, 1.165) is 24.9 Å². The number of hydrogen-bond donors (Lipinski definition) is 1. The Morgan fingerprint density at radius 3 is 2.55 bits per heavy atom. The van der Waals surface area contributed by atoms with Crippen LogP contribution in [-0.4, -0.2) is 34.2 Å². The van der Waals surface area contributed by atoms with Crippen LogP contribution < -0.4 is 0 Å². The molecule has 0 radical (unpaired) electrons. The summed E-state index contributed by atoms with van der Waals surface area (Å²) < 4.78 is 2.42. The van der Waals surface area contributed by atoms with Crippen molar-refractivity contribution in [3.8, 4) is 0 Å². The normalized spacial score (nSPS) is 22.1. The van der Waals surface area contributed by atoms with Crippen LogP contribution in [0.4, 0.5) is 0 Å². The van der Waals surface area contributed by atoms with E-state index in [0.29, 0.717) is 0 Å². The molecule has 1 aromatic rings. The summed E-state index contributed by atoms with van der Waals surface area (Å²) in [5.74, 6) is 0. The molecular weight excluding hydrogens is 248 g/mol. The zero-order valence-corrected chi connectivity index (χ0v) is 14.1. The van der Waals surface area contributed by atoms with Crippen molar-refractivity contribution in [2.24, 2.45) is 5.41 Å². The predicted octanol–water partition coefficient (Wildman–Crippen LogP) is 3.14. The molecule has 0 bridgehead atoms. The van der Waals surface area contributed by atoms with Crippen LogP contribution in [-0.2, 0) is 13.0 Å². The van der Waals surface area contributed by atoms with Crippen LogP contribution >= 0.6 is 0 Å². The van der Waals surface area contributed by atoms with Crippen molar-refractivity contribution in [3.63, 3.8) is 0 Å². The molecule has 0 amide bonds. The van der Waals surface area contributed by atoms with Crippen LogP contribution in [0.5, 0.6) is 0 Å². The van der Waals surface area contributed by atoms with Gasteiger partial charge in [-0.1, -0.05) is 13.8 Å². The summed E-state index contributed by atoms with van der Waals surface area (Å²) in [7, 11) is 4.26. The van der Waals surface area contributed by atoms with Gasteiger partial charge in [-0.2, -0.15) is 0 Å². The highest BCUT2D eigenvalue weighted by atomic mass is 16.3. The second-order valence-electron chi connectivity index (χ2n) is 8.04. The Morgan fingerprint density at radius 1 is 1.40 bits per heavy atom. The summed E-state index contributed by atoms with van der Waals surface area (Å²) in [6.45, 7) is 12.2. The van der Waals surface area contributed by atoms with Crippen LogP contribution in [0.25, 0.3) is 0 Å². The monoisotopic (exact) mass is 278 g/mol. The molecule has 1 atom stereocenters. The molecule has 0 saturated heterocycles. The van der Waals surface area contributed by atoms with Crippen LogP contribution in [0.3, 0.4) is 0 Å². The van der Waals surface area contributed by atoms with Gasteiger partial charge in [0.05, 0.1) is 6.10 Å². The second kappa shape index (κ2) is 4.88. The smallest absolute Gasteiger partial charge is 0.0812 e. The van der Waals surface area contributed by atoms with E-state index in [1.54, 1.807) is 0 Å². The summed E-state index contributed by atoms with van der Waals surface area (Å²) in [5.41, 5.74) is 4.03. The predicted molar refractivity (Wildman–Crippen MR) is 84.0 cm³/mol. The summed E-state index contributed by atoms with van der Waals surface area (Å²) in [6.07, 6.45) is 1.60. The highest BCUT2D eigenvalue weighted by Gasteiger charge is 2.35. The number of aromatic nitrogens is 1. The van der Waals surface area contributed by atoms with E-state index in [-0.39, 0.29) is 17.1 Å². The van der Waals surface area contributed by atoms with Crippen LogP contribution in [0.1, 0.15) is 57.2 Å². The number of aliphatic hydroxyl groups excluding tert-OH is 1. The zero-order valence-electron chi connectivity index (χ0n) is 14.1. The Morgan fingerprint density at radius 2 is 2.00 bits per heavy atom. The zero-order chi connectivity index (χ0) is 15.3. The summed E-state index contributed by atoms with van der Waals surface area (Å²) >= 11 is 0. The largest absolute Gasteiger partial charge is 0.388 e. The van der Waals surface area contributed by atoms with Crippen molar-refractivity contribution >= 4 is 0 Å². The number of likely N-dealkylation sites (N-methyl/N-ethyl adjacent to an activating group) is 1. The van der Waals surface area contributed by atoms with Crippen LogP contribution in [0.2, 0.25) is 0 Å². The highest BCUT2D eigenvalue weighted by Crippen LogP contribution is 2.42. The molecule has 1 aliphatic carbocycles. The number of hydrogen-bond acceptors (Lipinski definition) is 2. The first-order valence-corrected chi connectivity index (χ1v) is 7.58. The molecule has 0 fully saturated rings. The van der Waals surface area contributed by atoms with Crippen molar-refractivity contribution in [1.29, 1.82) is 0 Å². The van der Waals surface area contributed by atoms with Crippen molar-refractivity contribution in [2.75, 3.05) is 14.1 Å². The molecule has 3 nitrogen and oxygen atoms in total. The third-order valence-corrected chi connectivity index (χ3v) is 4.96. The summed E-state index contributed by atoms with van der Waals surface area (Å²) in [4.78, 5) is 2.27. The number of aryl methyl sites for hydroxylation is 1. The maximum absolute atomic E-state index is 10.4. The van der Waals surface area contributed by atoms with E-state index >= 15 is 0 Å². The van der Waals surface area contributed by atoms with E-state index in [1.165, 1.54) is 11.4 Å². The Bertz CT molecular complexity index is 497. The molecule has 20 heavy (non-hydrogen) atoms. The van der Waals surface area contributed by atoms with Gasteiger partial charge in [-0.05, 0) is 59.2 Å². The quantitative estimate of drug-likeness (QED) is 0.920. The fraction of sp³-hybridized carbons (Fsp3) is 0.765. The van der Waals surface area contributed by atoms with E-state index < -0.39 is 0 Å². The van der Waals surface area contributed by atoms with Crippen molar-refractivity contribution < 1.29 is 5.11 Å². The number of aliphatic hydroxyl groups is 1. The number of fused-ring (bicyclic) bond motifs is 1. The fourth-order valence-electron chi connectivity index (χ4n) is 3.15. The molecule has 0 aliphatic heterocycles. The van der Waals surface area contributed by atoms with Crippen LogP contribution in [0, 0.1) is 12.3 Å². The summed E-state index contributed by atoms with van der Waals surface area (Å²) in [5, 5.41) is 10.4. The topological polar surface area (TPSA) is 28.4 Å². The van der Waals surface area contributed by atoms with Gasteiger partial charge in [0, 0.05) is 29.0 Å². The first-order chi connectivity index (χ1) is 9.03. The third kappa shape index (κ3) is 2.79. The Labute approximate surface area is 123 Å². The van der Waals surface area contributed by atoms with Crippen molar-refractivity contribution in [2.45, 2.75) is 65.6 Å². The molecule has 114 valence electrons. The minimum atomic E-state index is -0.309. The molecule has 1 N–H and O–H groups in total. The molecule has 3 heteroatoms. The molecule has 2 rings (SSSR count). The standard InChI is InChI=1S/C17H30N2O/c1-12-8-13-14(9-16(2,3)10-15(13)20)19(12)11-17(4,5)18(6)7/h8,15,20H,9-11H2,1-7H3. The SMILES string of the molecule is Cc1cc2c(n1CC(C)(C)N(C)C)CC(C)(C)CC2O. The molecular formula is C17H30N2O. The fourth-order valence-corrected chi connectivity index (χ4v) is 3.15. The van der Waals surface area contributed by atoms with Crippen molar-refractivity contribution in [3.05, 3.63) is 23.0 Å². The maximum atomic E-state index is 10.4. The van der Waals surface area contributed by atoms with Gasteiger partial charge in [-0.25, -0.2) is 0 Å². The van der Waals surface area contributed by atoms with E-state index in [9.17, 15) is 5.11 Å². The summed E-state index contributed by atoms with van der Waals surface area (Å²) in [6, 6.07) is 2.18. The van der Waals surface area contributed by atoms with Gasteiger partial charge in [0.15, 0.2) is 0 Å². The van der Waals surface area contributed by atoms with Gasteiger partial charge in [-0.15, -0.1) is 0 Å². The van der Waals surface area contributed by atoms with Gasteiger partial charge in [0.1, 0.15) is 0 Å². The molecule has 1 aromatic heterocycles. The first-order valence-electron chi connectivity index (χ1n) is 7.58. The van der Waals surface area contributed by atoms with E-state index in [1.807, 2.05) is 0 Å². The molecule has 0 saturated carbocycles. The minimum Gasteiger partial charge on any atom is -0.388 e. The molecule has 0 aromatic carbocycles. The number of rotatable bonds is 3. The lowest BCUT2D eigenvalue weighted by molar-refractivity contribution is 0.0959. The van der Waals surface area contributed by atoms with Gasteiger partial charge in [0.2, 0.25) is 0 Å². The Kier molecular flexibility index (Phi) is 3.81. The van der Waals surface area contributed by atoms with Crippen LogP contribution in [0.15, 0.2) is 6.07 Å². The van der Waals surface area contributed by atoms with Gasteiger partial charge < -0.3 is 14.6 Å². The average Bonchev–Trinajstić information content (AvgIpc) is 2.55. The van der Waals surface area contributed by atoms with E-state index in [4.69, 9.17) is 0 Å². The molecule has 1 heterocycles. The second-order valence-corrected chi connectivity index (χ2v) is 8.04. The van der Waals surface area contributed by atoms with Gasteiger partial charge >= 0.3 is 0 Å². The van der Waals surface area contributed by atoms with Gasteiger partial charge in [-0.3, -0.25) is 0 Å². The molecule has 1 unspecified atom stereocenters. The minimum absolute atomic E-state index is 0.101. The highest BCUT2D eigenvalue weighted by molar-refractivity contribution is 5.33. The molecule has 0 spiro atoms. The average molecular weight is 278 g/mol. The van der Waals surface area contributed by atoms with Gasteiger partial charge in [0.25, 0.3) is 0 Å². The Balaban J connectivity index is 2.42. The lowest BCUT2D eigenvalue weighted by Crippen LogP contribution is -2.43. The molecule has 1 aliphatic rings. The third-order valence-electron chi connectivity index (χ3n) is 4.96. The van der Waals surface area contributed by atoms with E-state index in [2.05, 4.69) is 64.2 Å². The maximum Gasteiger partial charge on any atom is 0.0812 e. The lowest BCUT2D eigenvalue weighted by atomic mass is 9.75. The van der Waals surface area contributed by atoms with Crippen molar-refractivity contribution in [1.82, 2.24) is 9.47 Å². The number of nitrogens with zero attached hydrogens (tertiary/aromatic N) is 2. The Hall–Kier alpha value is -0.800.